The first-order valence-electron chi connectivity index (χ1n) is 26.4. The fraction of sp³-hybridized carbons (Fsp3) is 0.0270. The van der Waals surface area contributed by atoms with Gasteiger partial charge >= 0.3 is 0 Å². The van der Waals surface area contributed by atoms with Crippen LogP contribution in [0, 0.1) is 0 Å². The maximum atomic E-state index is 2.59. The van der Waals surface area contributed by atoms with Gasteiger partial charge in [0, 0.05) is 37.0 Å². The highest BCUT2D eigenvalue weighted by molar-refractivity contribution is 7.25. The standard InChI is InChI=1S/C74H47NS/c1-4-20-48(21-5-1)50-40-44-69-59(46-50)60-47-51(41-45-70(60)76-69)49-38-42-54(43-39-49)75(67-36-18-34-65-71(67)57-28-12-16-32-63(57)73(65,52-22-6-2-7-23-52)53-24-8-3-9-25-53)68-37-19-35-66-72(68)58-29-13-17-33-64(58)74(66)61-30-14-10-26-55(61)56-27-11-15-31-62(56)74/h1-47H. The molecule has 0 amide bonds. The predicted molar refractivity (Wildman–Crippen MR) is 318 cm³/mol. The van der Waals surface area contributed by atoms with Gasteiger partial charge < -0.3 is 4.90 Å². The number of anilines is 3. The molecule has 2 heteroatoms. The van der Waals surface area contributed by atoms with Gasteiger partial charge in [-0.05, 0) is 138 Å². The summed E-state index contributed by atoms with van der Waals surface area (Å²) in [5.74, 6) is 0. The molecule has 1 nitrogen and oxygen atoms in total. The molecule has 0 saturated heterocycles. The number of thiophene rings is 1. The highest BCUT2D eigenvalue weighted by Crippen LogP contribution is 2.66. The lowest BCUT2D eigenvalue weighted by atomic mass is 9.68. The average Bonchev–Trinajstić information content (AvgIpc) is 4.24. The predicted octanol–water partition coefficient (Wildman–Crippen LogP) is 19.6. The van der Waals surface area contributed by atoms with E-state index in [1.807, 2.05) is 11.3 Å². The molecule has 16 rings (SSSR count). The second-order valence-electron chi connectivity index (χ2n) is 20.6. The SMILES string of the molecule is c1ccc(-c2ccc3sc4ccc(-c5ccc(N(c6cccc7c6-c6ccccc6C7(c6ccccc6)c6ccccc6)c6cccc7c6-c6ccccc6C76c7ccccc7-c7ccccc76)cc5)cc4c3c2)cc1. The van der Waals surface area contributed by atoms with Gasteiger partial charge in [0.1, 0.15) is 0 Å². The summed E-state index contributed by atoms with van der Waals surface area (Å²) in [5, 5.41) is 2.59. The lowest BCUT2D eigenvalue weighted by Crippen LogP contribution is -2.28. The normalized spacial score (nSPS) is 13.7. The van der Waals surface area contributed by atoms with E-state index in [0.29, 0.717) is 0 Å². The Labute approximate surface area is 446 Å². The largest absolute Gasteiger partial charge is 0.309 e. The van der Waals surface area contributed by atoms with Crippen LogP contribution >= 0.6 is 11.3 Å². The minimum atomic E-state index is -0.557. The Bertz CT molecular complexity index is 4270. The lowest BCUT2D eigenvalue weighted by Gasteiger charge is -2.35. The smallest absolute Gasteiger partial charge is 0.0726 e. The van der Waals surface area contributed by atoms with Crippen molar-refractivity contribution >= 4 is 48.6 Å². The Balaban J connectivity index is 0.944. The first-order chi connectivity index (χ1) is 37.7. The number of benzene rings is 12. The third-order valence-electron chi connectivity index (χ3n) is 17.0. The molecule has 0 bridgehead atoms. The minimum absolute atomic E-state index is 0.488. The average molecular weight is 982 g/mol. The highest BCUT2D eigenvalue weighted by Gasteiger charge is 2.53. The van der Waals surface area contributed by atoms with E-state index in [9.17, 15) is 0 Å². The Morgan fingerprint density at radius 3 is 1.13 bits per heavy atom. The number of rotatable bonds is 7. The minimum Gasteiger partial charge on any atom is -0.309 e. The van der Waals surface area contributed by atoms with Crippen LogP contribution in [-0.4, -0.2) is 0 Å². The van der Waals surface area contributed by atoms with E-state index in [1.54, 1.807) is 0 Å². The summed E-state index contributed by atoms with van der Waals surface area (Å²) in [4.78, 5) is 2.59. The fourth-order valence-corrected chi connectivity index (χ4v) is 15.0. The van der Waals surface area contributed by atoms with Gasteiger partial charge in [0.2, 0.25) is 0 Å². The molecule has 0 N–H and O–H groups in total. The van der Waals surface area contributed by atoms with E-state index < -0.39 is 10.8 Å². The maximum absolute atomic E-state index is 2.59. The number of hydrogen-bond acceptors (Lipinski definition) is 2. The Morgan fingerprint density at radius 2 is 0.632 bits per heavy atom. The van der Waals surface area contributed by atoms with Gasteiger partial charge in [-0.15, -0.1) is 11.3 Å². The number of hydrogen-bond donors (Lipinski definition) is 0. The number of fused-ring (bicyclic) bond motifs is 16. The molecule has 0 saturated carbocycles. The van der Waals surface area contributed by atoms with Crippen molar-refractivity contribution in [3.05, 3.63) is 330 Å². The number of nitrogens with zero attached hydrogens (tertiary/aromatic N) is 1. The molecule has 13 aromatic rings. The molecular weight excluding hydrogens is 935 g/mol. The first-order valence-corrected chi connectivity index (χ1v) is 27.2. The molecule has 76 heavy (non-hydrogen) atoms. The van der Waals surface area contributed by atoms with Gasteiger partial charge in [0.15, 0.2) is 0 Å². The molecule has 0 aliphatic heterocycles. The second kappa shape index (κ2) is 16.6. The molecule has 0 radical (unpaired) electrons. The Kier molecular flexibility index (Phi) is 9.40. The molecule has 0 atom stereocenters. The van der Waals surface area contributed by atoms with E-state index in [2.05, 4.69) is 290 Å². The van der Waals surface area contributed by atoms with E-state index in [0.717, 1.165) is 17.1 Å². The van der Waals surface area contributed by atoms with Crippen LogP contribution in [0.2, 0.25) is 0 Å². The van der Waals surface area contributed by atoms with Crippen molar-refractivity contribution in [2.45, 2.75) is 10.8 Å². The van der Waals surface area contributed by atoms with E-state index in [-0.39, 0.29) is 0 Å². The molecule has 12 aromatic carbocycles. The van der Waals surface area contributed by atoms with E-state index in [4.69, 9.17) is 0 Å². The maximum Gasteiger partial charge on any atom is 0.0726 e. The highest BCUT2D eigenvalue weighted by atomic mass is 32.1. The zero-order chi connectivity index (χ0) is 50.0. The van der Waals surface area contributed by atoms with Crippen LogP contribution < -0.4 is 4.90 Å². The summed E-state index contributed by atoms with van der Waals surface area (Å²) in [6, 6.07) is 107. The quantitative estimate of drug-likeness (QED) is 0.154. The zero-order valence-corrected chi connectivity index (χ0v) is 42.3. The fourth-order valence-electron chi connectivity index (χ4n) is 13.9. The van der Waals surface area contributed by atoms with Crippen LogP contribution in [0.1, 0.15) is 44.5 Å². The monoisotopic (exact) mass is 981 g/mol. The second-order valence-corrected chi connectivity index (χ2v) is 21.7. The topological polar surface area (TPSA) is 3.24 Å². The van der Waals surface area contributed by atoms with Crippen LogP contribution in [0.25, 0.3) is 75.8 Å². The molecule has 1 heterocycles. The summed E-state index contributed by atoms with van der Waals surface area (Å²) >= 11 is 1.87. The van der Waals surface area contributed by atoms with E-state index in [1.165, 1.54) is 120 Å². The molecule has 0 fully saturated rings. The summed E-state index contributed by atoms with van der Waals surface area (Å²) in [6.45, 7) is 0. The van der Waals surface area contributed by atoms with Gasteiger partial charge in [0.05, 0.1) is 22.2 Å². The summed E-state index contributed by atoms with van der Waals surface area (Å²) in [6.07, 6.45) is 0. The van der Waals surface area contributed by atoms with Crippen molar-refractivity contribution in [1.29, 1.82) is 0 Å². The molecule has 3 aliphatic carbocycles. The summed E-state index contributed by atoms with van der Waals surface area (Å²) < 4.78 is 2.61. The first kappa shape index (κ1) is 43.1. The van der Waals surface area contributed by atoms with Crippen molar-refractivity contribution < 1.29 is 0 Å². The van der Waals surface area contributed by atoms with Crippen LogP contribution in [0.3, 0.4) is 0 Å². The zero-order valence-electron chi connectivity index (χ0n) is 41.5. The van der Waals surface area contributed by atoms with Gasteiger partial charge in [0.25, 0.3) is 0 Å². The van der Waals surface area contributed by atoms with Gasteiger partial charge in [-0.2, -0.15) is 0 Å². The van der Waals surface area contributed by atoms with Crippen LogP contribution in [0.15, 0.2) is 285 Å². The van der Waals surface area contributed by atoms with E-state index >= 15 is 0 Å². The third-order valence-corrected chi connectivity index (χ3v) is 18.1. The molecular formula is C74H47NS. The van der Waals surface area contributed by atoms with Crippen molar-refractivity contribution in [2.24, 2.45) is 0 Å². The van der Waals surface area contributed by atoms with Gasteiger partial charge in [-0.1, -0.05) is 237 Å². The summed E-state index contributed by atoms with van der Waals surface area (Å²) in [5.41, 5.74) is 25.2. The molecule has 354 valence electrons. The lowest BCUT2D eigenvalue weighted by molar-refractivity contribution is 0.768. The van der Waals surface area contributed by atoms with Crippen LogP contribution in [-0.2, 0) is 10.8 Å². The summed E-state index contributed by atoms with van der Waals surface area (Å²) in [7, 11) is 0. The molecule has 0 unspecified atom stereocenters. The molecule has 1 aromatic heterocycles. The third kappa shape index (κ3) is 5.90. The molecule has 3 aliphatic rings. The van der Waals surface area contributed by atoms with Gasteiger partial charge in [-0.3, -0.25) is 0 Å². The molecule has 1 spiro atoms. The van der Waals surface area contributed by atoms with Crippen LogP contribution in [0.4, 0.5) is 17.1 Å². The van der Waals surface area contributed by atoms with Crippen molar-refractivity contribution in [3.63, 3.8) is 0 Å². The Hall–Kier alpha value is -9.34. The Morgan fingerprint density at radius 1 is 0.263 bits per heavy atom. The van der Waals surface area contributed by atoms with Crippen molar-refractivity contribution in [1.82, 2.24) is 0 Å². The van der Waals surface area contributed by atoms with Crippen molar-refractivity contribution in [3.8, 4) is 55.6 Å². The van der Waals surface area contributed by atoms with Gasteiger partial charge in [-0.25, -0.2) is 0 Å². The van der Waals surface area contributed by atoms with Crippen molar-refractivity contribution in [2.75, 3.05) is 4.90 Å². The van der Waals surface area contributed by atoms with Crippen LogP contribution in [0.5, 0.6) is 0 Å².